The van der Waals surface area contributed by atoms with Crippen LogP contribution in [-0.2, 0) is 0 Å². The number of hydrogen-bond acceptors (Lipinski definition) is 2. The highest BCUT2D eigenvalue weighted by Gasteiger charge is 2.03. The van der Waals surface area contributed by atoms with Crippen LogP contribution in [0, 0.1) is 0 Å². The van der Waals surface area contributed by atoms with Gasteiger partial charge < -0.3 is 4.90 Å². The van der Waals surface area contributed by atoms with Gasteiger partial charge in [0.05, 0.1) is 0 Å². The first-order chi connectivity index (χ1) is 5.72. The minimum Gasteiger partial charge on any atom is -0.330 e. The summed E-state index contributed by atoms with van der Waals surface area (Å²) in [6, 6.07) is -0.0856. The SMILES string of the molecule is CI.CN(C)C(=O)n1ccnc1. The van der Waals surface area contributed by atoms with Crippen LogP contribution in [0.25, 0.3) is 0 Å². The number of halogens is 1. The maximum atomic E-state index is 11.1. The Morgan fingerprint density at radius 2 is 2.08 bits per heavy atom. The van der Waals surface area contributed by atoms with Gasteiger partial charge in [-0.2, -0.15) is 0 Å². The molecule has 0 aliphatic rings. The Morgan fingerprint density at radius 3 is 2.42 bits per heavy atom. The molecule has 1 aromatic rings. The van der Waals surface area contributed by atoms with Crippen LogP contribution in [0.2, 0.25) is 0 Å². The van der Waals surface area contributed by atoms with E-state index in [-0.39, 0.29) is 6.03 Å². The Labute approximate surface area is 85.7 Å². The number of imidazole rings is 1. The van der Waals surface area contributed by atoms with E-state index in [1.54, 1.807) is 26.5 Å². The maximum absolute atomic E-state index is 11.1. The molecule has 0 unspecified atom stereocenters. The molecule has 0 aliphatic carbocycles. The second-order valence-corrected chi connectivity index (χ2v) is 2.15. The largest absolute Gasteiger partial charge is 0.330 e. The van der Waals surface area contributed by atoms with Gasteiger partial charge in [0.2, 0.25) is 0 Å². The molecule has 1 heterocycles. The summed E-state index contributed by atoms with van der Waals surface area (Å²) in [5.74, 6) is 0. The lowest BCUT2D eigenvalue weighted by Crippen LogP contribution is -2.25. The number of carbonyl (C=O) groups is 1. The van der Waals surface area contributed by atoms with Crippen molar-refractivity contribution in [2.75, 3.05) is 19.0 Å². The molecule has 1 rings (SSSR count). The van der Waals surface area contributed by atoms with Crippen molar-refractivity contribution in [1.29, 1.82) is 0 Å². The summed E-state index contributed by atoms with van der Waals surface area (Å²) in [5, 5.41) is 0. The first-order valence-electron chi connectivity index (χ1n) is 3.29. The van der Waals surface area contributed by atoms with E-state index in [2.05, 4.69) is 27.6 Å². The smallest absolute Gasteiger partial charge is 0.328 e. The van der Waals surface area contributed by atoms with Gasteiger partial charge in [0.1, 0.15) is 6.33 Å². The van der Waals surface area contributed by atoms with E-state index in [1.807, 2.05) is 4.93 Å². The number of amides is 1. The number of alkyl halides is 1. The molecule has 0 fully saturated rings. The molecule has 4 nitrogen and oxygen atoms in total. The molecule has 0 atom stereocenters. The van der Waals surface area contributed by atoms with Crippen LogP contribution in [0.15, 0.2) is 18.7 Å². The summed E-state index contributed by atoms with van der Waals surface area (Å²) in [5.41, 5.74) is 0. The van der Waals surface area contributed by atoms with Crippen molar-refractivity contribution in [3.63, 3.8) is 0 Å². The maximum Gasteiger partial charge on any atom is 0.328 e. The summed E-state index contributed by atoms with van der Waals surface area (Å²) >= 11 is 2.15. The summed E-state index contributed by atoms with van der Waals surface area (Å²) in [7, 11) is 3.39. The van der Waals surface area contributed by atoms with E-state index in [4.69, 9.17) is 0 Å². The molecule has 0 aliphatic heterocycles. The van der Waals surface area contributed by atoms with E-state index < -0.39 is 0 Å². The Morgan fingerprint density at radius 1 is 1.50 bits per heavy atom. The average molecular weight is 281 g/mol. The molecule has 0 bridgehead atoms. The molecule has 0 N–H and O–H groups in total. The highest BCUT2D eigenvalue weighted by atomic mass is 127. The third-order valence-corrected chi connectivity index (χ3v) is 1.11. The zero-order chi connectivity index (χ0) is 9.56. The van der Waals surface area contributed by atoms with Gasteiger partial charge in [-0.05, 0) is 4.93 Å². The first kappa shape index (κ1) is 11.4. The standard InChI is InChI=1S/C6H9N3O.CH3I/c1-8(2)6(10)9-4-3-7-5-9;1-2/h3-5H,1-2H3;1H3. The van der Waals surface area contributed by atoms with Crippen LogP contribution in [0.1, 0.15) is 0 Å². The molecule has 0 saturated carbocycles. The van der Waals surface area contributed by atoms with E-state index in [0.29, 0.717) is 0 Å². The van der Waals surface area contributed by atoms with Crippen molar-refractivity contribution in [1.82, 2.24) is 14.5 Å². The van der Waals surface area contributed by atoms with Crippen molar-refractivity contribution in [2.45, 2.75) is 0 Å². The van der Waals surface area contributed by atoms with Gasteiger partial charge in [0.25, 0.3) is 0 Å². The van der Waals surface area contributed by atoms with Crippen LogP contribution in [0.3, 0.4) is 0 Å². The third kappa shape index (κ3) is 3.21. The third-order valence-electron chi connectivity index (χ3n) is 1.11. The molecule has 1 aromatic heterocycles. The predicted molar refractivity (Wildman–Crippen MR) is 56.7 cm³/mol. The van der Waals surface area contributed by atoms with Crippen LogP contribution < -0.4 is 0 Å². The summed E-state index contributed by atoms with van der Waals surface area (Å²) in [4.78, 5) is 18.3. The van der Waals surface area contributed by atoms with Gasteiger partial charge in [-0.3, -0.25) is 4.57 Å². The zero-order valence-electron chi connectivity index (χ0n) is 7.36. The second-order valence-electron chi connectivity index (χ2n) is 2.15. The fourth-order valence-electron chi connectivity index (χ4n) is 0.603. The Kier molecular flexibility index (Phi) is 5.69. The number of hydrogen-bond donors (Lipinski definition) is 0. The van der Waals surface area contributed by atoms with Crippen molar-refractivity contribution < 1.29 is 4.79 Å². The Balaban J connectivity index is 0.000000561. The minimum absolute atomic E-state index is 0.0856. The van der Waals surface area contributed by atoms with Gasteiger partial charge in [-0.15, -0.1) is 0 Å². The van der Waals surface area contributed by atoms with Crippen LogP contribution >= 0.6 is 22.6 Å². The van der Waals surface area contributed by atoms with Gasteiger partial charge in [-0.25, -0.2) is 9.78 Å². The lowest BCUT2D eigenvalue weighted by atomic mass is 10.8. The van der Waals surface area contributed by atoms with Gasteiger partial charge >= 0.3 is 6.03 Å². The second kappa shape index (κ2) is 5.99. The highest BCUT2D eigenvalue weighted by Crippen LogP contribution is 1.88. The van der Waals surface area contributed by atoms with Crippen molar-refractivity contribution in [3.8, 4) is 0 Å². The fourth-order valence-corrected chi connectivity index (χ4v) is 0.603. The Bertz CT molecular complexity index is 221. The van der Waals surface area contributed by atoms with Gasteiger partial charge in [0.15, 0.2) is 0 Å². The van der Waals surface area contributed by atoms with E-state index >= 15 is 0 Å². The fraction of sp³-hybridized carbons (Fsp3) is 0.429. The molecule has 0 spiro atoms. The number of aromatic nitrogens is 2. The summed E-state index contributed by atoms with van der Waals surface area (Å²) < 4.78 is 1.42. The van der Waals surface area contributed by atoms with Crippen LogP contribution in [0.5, 0.6) is 0 Å². The lowest BCUT2D eigenvalue weighted by molar-refractivity contribution is 0.219. The van der Waals surface area contributed by atoms with Crippen molar-refractivity contribution in [3.05, 3.63) is 18.7 Å². The molecule has 0 aromatic carbocycles. The number of carbonyl (C=O) groups excluding carboxylic acids is 1. The minimum atomic E-state index is -0.0856. The lowest BCUT2D eigenvalue weighted by Gasteiger charge is -2.08. The van der Waals surface area contributed by atoms with E-state index in [9.17, 15) is 4.79 Å². The zero-order valence-corrected chi connectivity index (χ0v) is 9.52. The van der Waals surface area contributed by atoms with Crippen molar-refractivity contribution >= 4 is 28.6 Å². The molecule has 12 heavy (non-hydrogen) atoms. The average Bonchev–Trinajstić information content (AvgIpc) is 2.58. The highest BCUT2D eigenvalue weighted by molar-refractivity contribution is 14.1. The van der Waals surface area contributed by atoms with E-state index in [0.717, 1.165) is 0 Å². The molecule has 68 valence electrons. The summed E-state index contributed by atoms with van der Waals surface area (Å²) in [6.07, 6.45) is 4.66. The quantitative estimate of drug-likeness (QED) is 0.533. The van der Waals surface area contributed by atoms with Gasteiger partial charge in [0, 0.05) is 26.5 Å². The molecular formula is C7H12IN3O. The topological polar surface area (TPSA) is 38.1 Å². The molecule has 1 amide bonds. The van der Waals surface area contributed by atoms with Crippen LogP contribution in [-0.4, -0.2) is 39.5 Å². The number of rotatable bonds is 0. The normalized spacial score (nSPS) is 8.33. The first-order valence-corrected chi connectivity index (χ1v) is 5.45. The molecular weight excluding hydrogens is 269 g/mol. The molecule has 5 heteroatoms. The summed E-state index contributed by atoms with van der Waals surface area (Å²) in [6.45, 7) is 0. The van der Waals surface area contributed by atoms with Gasteiger partial charge in [-0.1, -0.05) is 22.6 Å². The number of nitrogens with zero attached hydrogens (tertiary/aromatic N) is 3. The van der Waals surface area contributed by atoms with Crippen molar-refractivity contribution in [2.24, 2.45) is 0 Å². The molecule has 0 radical (unpaired) electrons. The molecule has 0 saturated heterocycles. The monoisotopic (exact) mass is 281 g/mol. The van der Waals surface area contributed by atoms with Crippen LogP contribution in [0.4, 0.5) is 4.79 Å². The Hall–Kier alpha value is -0.590. The predicted octanol–water partition coefficient (Wildman–Crippen LogP) is 1.46. The van der Waals surface area contributed by atoms with E-state index in [1.165, 1.54) is 15.8 Å².